The van der Waals surface area contributed by atoms with Gasteiger partial charge in [-0.2, -0.15) is 0 Å². The fourth-order valence-electron chi connectivity index (χ4n) is 4.91. The summed E-state index contributed by atoms with van der Waals surface area (Å²) in [5.74, 6) is -0.314. The molecule has 0 fully saturated rings. The number of aliphatic hydroxyl groups is 2. The number of rotatable bonds is 5. The van der Waals surface area contributed by atoms with Gasteiger partial charge in [0, 0.05) is 42.1 Å². The van der Waals surface area contributed by atoms with Gasteiger partial charge >= 0.3 is 5.97 Å². The predicted octanol–water partition coefficient (Wildman–Crippen LogP) is 5.07. The van der Waals surface area contributed by atoms with Gasteiger partial charge < -0.3 is 24.8 Å². The van der Waals surface area contributed by atoms with Crippen LogP contribution in [0.5, 0.6) is 0 Å². The molecule has 200 valence electrons. The van der Waals surface area contributed by atoms with E-state index in [0.29, 0.717) is 18.1 Å². The average molecular weight is 517 g/mol. The molecule has 0 saturated carbocycles. The van der Waals surface area contributed by atoms with Gasteiger partial charge in [-0.1, -0.05) is 29.8 Å². The van der Waals surface area contributed by atoms with Gasteiger partial charge in [0.15, 0.2) is 0 Å². The molecule has 1 aliphatic rings. The summed E-state index contributed by atoms with van der Waals surface area (Å²) in [7, 11) is 0. The molecule has 0 spiro atoms. The number of aryl methyl sites for hydroxylation is 2. The minimum atomic E-state index is -0.861. The molecule has 0 saturated heterocycles. The molecule has 8 heteroatoms. The summed E-state index contributed by atoms with van der Waals surface area (Å²) in [6, 6.07) is 10.4. The highest BCUT2D eigenvalue weighted by Crippen LogP contribution is 2.46. The Morgan fingerprint density at radius 2 is 1.63 bits per heavy atom. The number of aliphatic carboxylic acids is 1. The minimum Gasteiger partial charge on any atom is -0.481 e. The summed E-state index contributed by atoms with van der Waals surface area (Å²) < 4.78 is 2.30. The number of hydrogen-bond donors (Lipinski definition) is 3. The van der Waals surface area contributed by atoms with Crippen LogP contribution in [0.2, 0.25) is 0 Å². The van der Waals surface area contributed by atoms with Crippen LogP contribution >= 0.6 is 0 Å². The predicted molar refractivity (Wildman–Crippen MR) is 150 cm³/mol. The lowest BCUT2D eigenvalue weighted by atomic mass is 9.88. The molecule has 0 unspecified atom stereocenters. The summed E-state index contributed by atoms with van der Waals surface area (Å²) in [5.41, 5.74) is 8.22. The first-order chi connectivity index (χ1) is 17.9. The Balaban J connectivity index is 0.000000617. The molecule has 0 radical (unpaired) electrons. The monoisotopic (exact) mass is 516 g/mol. The number of carbonyl (C=O) groups is 1. The average Bonchev–Trinajstić information content (AvgIpc) is 3.18. The normalized spacial score (nSPS) is 12.9. The third-order valence-electron chi connectivity index (χ3n) is 6.51. The Bertz CT molecular complexity index is 1460. The van der Waals surface area contributed by atoms with Crippen molar-refractivity contribution < 1.29 is 20.1 Å². The van der Waals surface area contributed by atoms with E-state index in [1.54, 1.807) is 33.2 Å². The number of carboxylic acid groups (broad SMARTS) is 1. The van der Waals surface area contributed by atoms with E-state index >= 15 is 0 Å². The molecule has 0 aliphatic carbocycles. The van der Waals surface area contributed by atoms with Crippen molar-refractivity contribution in [1.29, 1.82) is 0 Å². The molecule has 4 aromatic rings. The lowest BCUT2D eigenvalue weighted by Crippen LogP contribution is -2.30. The highest BCUT2D eigenvalue weighted by Gasteiger charge is 2.30. The summed E-state index contributed by atoms with van der Waals surface area (Å²) in [6.45, 7) is 12.7. The molecular formula is C30H36N4O4. The molecule has 5 rings (SSSR count). The first kappa shape index (κ1) is 27.3. The summed E-state index contributed by atoms with van der Waals surface area (Å²) in [5, 5.41) is 28.7. The molecule has 2 aromatic carbocycles. The van der Waals surface area contributed by atoms with Gasteiger partial charge in [-0.25, -0.2) is 9.97 Å². The van der Waals surface area contributed by atoms with Crippen LogP contribution in [0.3, 0.4) is 0 Å². The smallest absolute Gasteiger partial charge is 0.307 e. The molecule has 1 aliphatic heterocycles. The first-order valence-electron chi connectivity index (χ1n) is 12.7. The van der Waals surface area contributed by atoms with Crippen LogP contribution in [-0.4, -0.2) is 48.0 Å². The van der Waals surface area contributed by atoms with Crippen LogP contribution < -0.4 is 4.90 Å². The fraction of sp³-hybridized carbons (Fsp3) is 0.367. The third kappa shape index (κ3) is 5.56. The molecule has 0 bridgehead atoms. The van der Waals surface area contributed by atoms with E-state index in [0.717, 1.165) is 56.6 Å². The number of hydrogen-bond acceptors (Lipinski definition) is 6. The maximum atomic E-state index is 11.9. The largest absolute Gasteiger partial charge is 0.481 e. The SMILES string of the molecule is CC(C)(C)O.Cc1ccc(-c2c(CC(=O)O)c(C)c3c4c2cc(C)n4CCN3c2ncc(CO)cn2)cc1. The third-order valence-corrected chi connectivity index (χ3v) is 6.51. The zero-order chi connectivity index (χ0) is 27.8. The molecule has 0 amide bonds. The molecule has 3 N–H and O–H groups in total. The summed E-state index contributed by atoms with van der Waals surface area (Å²) >= 11 is 0. The van der Waals surface area contributed by atoms with Crippen molar-refractivity contribution in [2.24, 2.45) is 0 Å². The van der Waals surface area contributed by atoms with Gasteiger partial charge in [-0.05, 0) is 69.9 Å². The van der Waals surface area contributed by atoms with Gasteiger partial charge in [0.25, 0.3) is 0 Å². The summed E-state index contributed by atoms with van der Waals surface area (Å²) in [4.78, 5) is 23.0. The molecule has 38 heavy (non-hydrogen) atoms. The van der Waals surface area contributed by atoms with Gasteiger partial charge in [0.05, 0.1) is 29.8 Å². The van der Waals surface area contributed by atoms with Crippen molar-refractivity contribution in [3.05, 3.63) is 70.7 Å². The Labute approximate surface area is 223 Å². The molecule has 0 atom stereocenters. The highest BCUT2D eigenvalue weighted by atomic mass is 16.4. The number of carboxylic acids is 1. The zero-order valence-electron chi connectivity index (χ0n) is 22.9. The van der Waals surface area contributed by atoms with Crippen molar-refractivity contribution in [3.63, 3.8) is 0 Å². The lowest BCUT2D eigenvalue weighted by molar-refractivity contribution is -0.136. The minimum absolute atomic E-state index is 0.0691. The van der Waals surface area contributed by atoms with Crippen LogP contribution in [0.1, 0.15) is 48.7 Å². The van der Waals surface area contributed by atoms with Crippen molar-refractivity contribution >= 4 is 28.5 Å². The first-order valence-corrected chi connectivity index (χ1v) is 12.7. The number of anilines is 2. The van der Waals surface area contributed by atoms with Crippen molar-refractivity contribution in [2.45, 2.75) is 66.7 Å². The Morgan fingerprint density at radius 1 is 1.03 bits per heavy atom. The van der Waals surface area contributed by atoms with Crippen LogP contribution in [0.4, 0.5) is 11.6 Å². The van der Waals surface area contributed by atoms with Gasteiger partial charge in [-0.3, -0.25) is 4.79 Å². The second-order valence-electron chi connectivity index (χ2n) is 10.8. The highest BCUT2D eigenvalue weighted by molar-refractivity contribution is 6.08. The maximum absolute atomic E-state index is 11.9. The lowest BCUT2D eigenvalue weighted by Gasteiger charge is -2.33. The quantitative estimate of drug-likeness (QED) is 0.339. The number of nitrogens with zero attached hydrogens (tertiary/aromatic N) is 4. The van der Waals surface area contributed by atoms with Crippen LogP contribution in [0.25, 0.3) is 22.0 Å². The van der Waals surface area contributed by atoms with E-state index in [-0.39, 0.29) is 13.0 Å². The summed E-state index contributed by atoms with van der Waals surface area (Å²) in [6.07, 6.45) is 3.19. The number of benzene rings is 2. The van der Waals surface area contributed by atoms with E-state index in [4.69, 9.17) is 5.11 Å². The Hall–Kier alpha value is -3.75. The Kier molecular flexibility index (Phi) is 7.58. The van der Waals surface area contributed by atoms with Gasteiger partial charge in [0.1, 0.15) is 0 Å². The van der Waals surface area contributed by atoms with Crippen molar-refractivity contribution in [2.75, 3.05) is 11.4 Å². The van der Waals surface area contributed by atoms with E-state index in [2.05, 4.69) is 56.7 Å². The second-order valence-corrected chi connectivity index (χ2v) is 10.8. The van der Waals surface area contributed by atoms with E-state index < -0.39 is 11.6 Å². The number of aromatic nitrogens is 3. The van der Waals surface area contributed by atoms with Crippen LogP contribution in [0.15, 0.2) is 42.7 Å². The number of aliphatic hydroxyl groups excluding tert-OH is 1. The molecule has 8 nitrogen and oxygen atoms in total. The van der Waals surface area contributed by atoms with Gasteiger partial charge in [0.2, 0.25) is 5.95 Å². The van der Waals surface area contributed by atoms with Crippen molar-refractivity contribution in [1.82, 2.24) is 14.5 Å². The molecular weight excluding hydrogens is 480 g/mol. The second kappa shape index (κ2) is 10.6. The van der Waals surface area contributed by atoms with E-state index in [9.17, 15) is 15.0 Å². The maximum Gasteiger partial charge on any atom is 0.307 e. The Morgan fingerprint density at radius 3 is 2.18 bits per heavy atom. The zero-order valence-corrected chi connectivity index (χ0v) is 22.9. The molecule has 2 aromatic heterocycles. The van der Waals surface area contributed by atoms with E-state index in [1.807, 2.05) is 13.8 Å². The topological polar surface area (TPSA) is 112 Å². The van der Waals surface area contributed by atoms with Crippen molar-refractivity contribution in [3.8, 4) is 11.1 Å². The standard InChI is InChI=1S/C26H26N4O3.C4H10O/c1-15-4-6-19(7-5-15)23-20(11-22(32)33)17(3)24-25-21(23)10-16(2)29(25)8-9-30(24)26-27-12-18(14-31)13-28-26;1-4(2,3)5/h4-7,10,12-13,31H,8-9,11,14H2,1-3H3,(H,32,33);5H,1-3H3. The van der Waals surface area contributed by atoms with E-state index in [1.165, 1.54) is 0 Å². The molecule has 3 heterocycles. The van der Waals surface area contributed by atoms with Gasteiger partial charge in [-0.15, -0.1) is 0 Å². The fourth-order valence-corrected chi connectivity index (χ4v) is 4.91. The van der Waals surface area contributed by atoms with Crippen LogP contribution in [-0.2, 0) is 24.4 Å². The van der Waals surface area contributed by atoms with Crippen LogP contribution in [0, 0.1) is 20.8 Å².